The summed E-state index contributed by atoms with van der Waals surface area (Å²) in [6, 6.07) is -0.815. The van der Waals surface area contributed by atoms with Crippen LogP contribution >= 0.6 is 0 Å². The maximum Gasteiger partial charge on any atom is 0.323 e. The van der Waals surface area contributed by atoms with Crippen LogP contribution in [0, 0.1) is 0 Å². The SMILES string of the molecule is COCCN(C(=O)N(CC(=O)O)CC(=O)O)C(C)C. The lowest BCUT2D eigenvalue weighted by atomic mass is 10.3. The van der Waals surface area contributed by atoms with E-state index in [-0.39, 0.29) is 19.2 Å². The highest BCUT2D eigenvalue weighted by molar-refractivity contribution is 5.84. The molecule has 0 aliphatic carbocycles. The number of nitrogens with zero attached hydrogens (tertiary/aromatic N) is 2. The molecule has 0 heterocycles. The van der Waals surface area contributed by atoms with Crippen molar-refractivity contribution < 1.29 is 29.3 Å². The van der Waals surface area contributed by atoms with Crippen LogP contribution < -0.4 is 0 Å². The molecule has 110 valence electrons. The van der Waals surface area contributed by atoms with E-state index in [0.717, 1.165) is 4.90 Å². The number of hydrogen-bond acceptors (Lipinski definition) is 4. The summed E-state index contributed by atoms with van der Waals surface area (Å²) in [5.41, 5.74) is 0. The third-order valence-electron chi connectivity index (χ3n) is 2.33. The molecule has 0 saturated carbocycles. The summed E-state index contributed by atoms with van der Waals surface area (Å²) >= 11 is 0. The predicted octanol–water partition coefficient (Wildman–Crippen LogP) is -0.0656. The van der Waals surface area contributed by atoms with Crippen LogP contribution in [0.1, 0.15) is 13.8 Å². The molecule has 8 nitrogen and oxygen atoms in total. The number of methoxy groups -OCH3 is 1. The Hall–Kier alpha value is -1.83. The number of carboxylic acid groups (broad SMARTS) is 2. The molecule has 0 spiro atoms. The fourth-order valence-corrected chi connectivity index (χ4v) is 1.46. The molecule has 0 atom stereocenters. The zero-order valence-corrected chi connectivity index (χ0v) is 11.3. The van der Waals surface area contributed by atoms with Crippen LogP contribution in [0.4, 0.5) is 4.79 Å². The van der Waals surface area contributed by atoms with Crippen LogP contribution in [0.5, 0.6) is 0 Å². The number of amides is 2. The van der Waals surface area contributed by atoms with E-state index in [1.54, 1.807) is 13.8 Å². The van der Waals surface area contributed by atoms with Gasteiger partial charge in [0.05, 0.1) is 6.61 Å². The fourth-order valence-electron chi connectivity index (χ4n) is 1.46. The Balaban J connectivity index is 4.88. The molecule has 0 aliphatic heterocycles. The third kappa shape index (κ3) is 6.61. The van der Waals surface area contributed by atoms with E-state index in [1.165, 1.54) is 12.0 Å². The number of carboxylic acids is 2. The van der Waals surface area contributed by atoms with Gasteiger partial charge in [-0.15, -0.1) is 0 Å². The van der Waals surface area contributed by atoms with Gasteiger partial charge in [0.25, 0.3) is 0 Å². The average molecular weight is 276 g/mol. The van der Waals surface area contributed by atoms with E-state index in [1.807, 2.05) is 0 Å². The quantitative estimate of drug-likeness (QED) is 0.643. The van der Waals surface area contributed by atoms with E-state index in [2.05, 4.69) is 0 Å². The van der Waals surface area contributed by atoms with Crippen molar-refractivity contribution in [3.05, 3.63) is 0 Å². The molecule has 0 aromatic carbocycles. The summed E-state index contributed by atoms with van der Waals surface area (Å²) in [5, 5.41) is 17.4. The van der Waals surface area contributed by atoms with Gasteiger partial charge >= 0.3 is 18.0 Å². The summed E-state index contributed by atoms with van der Waals surface area (Å²) in [5.74, 6) is -2.52. The van der Waals surface area contributed by atoms with Gasteiger partial charge in [-0.3, -0.25) is 9.59 Å². The predicted molar refractivity (Wildman–Crippen MR) is 66.0 cm³/mol. The van der Waals surface area contributed by atoms with Crippen LogP contribution in [0.15, 0.2) is 0 Å². The van der Waals surface area contributed by atoms with Crippen molar-refractivity contribution in [3.8, 4) is 0 Å². The molecule has 0 unspecified atom stereocenters. The number of carbonyl (C=O) groups is 3. The topological polar surface area (TPSA) is 107 Å². The number of hydrogen-bond donors (Lipinski definition) is 2. The smallest absolute Gasteiger partial charge is 0.323 e. The normalized spacial score (nSPS) is 10.3. The van der Waals surface area contributed by atoms with E-state index >= 15 is 0 Å². The molecule has 8 heteroatoms. The van der Waals surface area contributed by atoms with Gasteiger partial charge < -0.3 is 24.7 Å². The van der Waals surface area contributed by atoms with Crippen LogP contribution in [-0.4, -0.2) is 77.4 Å². The van der Waals surface area contributed by atoms with Crippen LogP contribution in [0.25, 0.3) is 0 Å². The first kappa shape index (κ1) is 17.2. The number of urea groups is 1. The number of aliphatic carboxylic acids is 2. The van der Waals surface area contributed by atoms with Crippen LogP contribution in [0.2, 0.25) is 0 Å². The Labute approximate surface area is 111 Å². The van der Waals surface area contributed by atoms with E-state index < -0.39 is 31.1 Å². The molecular weight excluding hydrogens is 256 g/mol. The molecule has 2 N–H and O–H groups in total. The molecule has 0 radical (unpaired) electrons. The Morgan fingerprint density at radius 1 is 1.11 bits per heavy atom. The highest BCUT2D eigenvalue weighted by atomic mass is 16.5. The molecule has 0 rings (SSSR count). The molecule has 0 aromatic heterocycles. The molecule has 0 aliphatic rings. The second kappa shape index (κ2) is 8.30. The lowest BCUT2D eigenvalue weighted by Gasteiger charge is -2.31. The second-order valence-electron chi connectivity index (χ2n) is 4.21. The second-order valence-corrected chi connectivity index (χ2v) is 4.21. The third-order valence-corrected chi connectivity index (χ3v) is 2.33. The monoisotopic (exact) mass is 276 g/mol. The van der Waals surface area contributed by atoms with Gasteiger partial charge in [0.1, 0.15) is 13.1 Å². The standard InChI is InChI=1S/C11H20N2O6/c1-8(2)13(4-5-19-3)11(18)12(6-9(14)15)7-10(16)17/h8H,4-7H2,1-3H3,(H,14,15)(H,16,17). The van der Waals surface area contributed by atoms with Crippen molar-refractivity contribution in [1.82, 2.24) is 9.80 Å². The molecule has 0 saturated heterocycles. The fraction of sp³-hybridized carbons (Fsp3) is 0.727. The highest BCUT2D eigenvalue weighted by Crippen LogP contribution is 2.05. The Bertz CT molecular complexity index is 315. The lowest BCUT2D eigenvalue weighted by molar-refractivity contribution is -0.140. The van der Waals surface area contributed by atoms with Gasteiger partial charge in [-0.05, 0) is 13.8 Å². The Kier molecular flexibility index (Phi) is 7.50. The van der Waals surface area contributed by atoms with Crippen molar-refractivity contribution in [2.45, 2.75) is 19.9 Å². The van der Waals surface area contributed by atoms with Gasteiger partial charge in [0.15, 0.2) is 0 Å². The highest BCUT2D eigenvalue weighted by Gasteiger charge is 2.26. The molecule has 2 amide bonds. The van der Waals surface area contributed by atoms with E-state index in [4.69, 9.17) is 14.9 Å². The van der Waals surface area contributed by atoms with Crippen molar-refractivity contribution in [1.29, 1.82) is 0 Å². The molecule has 0 fully saturated rings. The first-order chi connectivity index (χ1) is 8.79. The summed E-state index contributed by atoms with van der Waals surface area (Å²) in [7, 11) is 1.48. The van der Waals surface area contributed by atoms with Crippen molar-refractivity contribution in [2.75, 3.05) is 33.4 Å². The first-order valence-corrected chi connectivity index (χ1v) is 5.77. The van der Waals surface area contributed by atoms with Crippen molar-refractivity contribution in [3.63, 3.8) is 0 Å². The zero-order valence-electron chi connectivity index (χ0n) is 11.3. The maximum atomic E-state index is 12.1. The summed E-state index contributed by atoms with van der Waals surface area (Å²) in [6.07, 6.45) is 0. The van der Waals surface area contributed by atoms with Crippen molar-refractivity contribution >= 4 is 18.0 Å². The number of ether oxygens (including phenoxy) is 1. The minimum atomic E-state index is -1.26. The van der Waals surface area contributed by atoms with Gasteiger partial charge in [-0.25, -0.2) is 4.79 Å². The van der Waals surface area contributed by atoms with Gasteiger partial charge in [0, 0.05) is 19.7 Å². The summed E-state index contributed by atoms with van der Waals surface area (Å²) < 4.78 is 4.87. The van der Waals surface area contributed by atoms with E-state index in [9.17, 15) is 14.4 Å². The van der Waals surface area contributed by atoms with Gasteiger partial charge in [-0.1, -0.05) is 0 Å². The van der Waals surface area contributed by atoms with Crippen molar-refractivity contribution in [2.24, 2.45) is 0 Å². The Morgan fingerprint density at radius 3 is 1.89 bits per heavy atom. The number of carbonyl (C=O) groups excluding carboxylic acids is 1. The minimum Gasteiger partial charge on any atom is -0.480 e. The average Bonchev–Trinajstić information content (AvgIpc) is 2.26. The molecule has 0 bridgehead atoms. The van der Waals surface area contributed by atoms with Gasteiger partial charge in [0.2, 0.25) is 0 Å². The molecular formula is C11H20N2O6. The first-order valence-electron chi connectivity index (χ1n) is 5.77. The molecule has 0 aromatic rings. The largest absolute Gasteiger partial charge is 0.480 e. The maximum absolute atomic E-state index is 12.1. The van der Waals surface area contributed by atoms with Crippen LogP contribution in [-0.2, 0) is 14.3 Å². The lowest BCUT2D eigenvalue weighted by Crippen LogP contribution is -2.50. The minimum absolute atomic E-state index is 0.187. The summed E-state index contributed by atoms with van der Waals surface area (Å²) in [6.45, 7) is 2.77. The zero-order chi connectivity index (χ0) is 15.0. The van der Waals surface area contributed by atoms with E-state index in [0.29, 0.717) is 0 Å². The summed E-state index contributed by atoms with van der Waals surface area (Å²) in [4.78, 5) is 35.6. The Morgan fingerprint density at radius 2 is 1.58 bits per heavy atom. The van der Waals surface area contributed by atoms with Crippen LogP contribution in [0.3, 0.4) is 0 Å². The number of rotatable bonds is 8. The molecule has 19 heavy (non-hydrogen) atoms. The van der Waals surface area contributed by atoms with Gasteiger partial charge in [-0.2, -0.15) is 0 Å².